The van der Waals surface area contributed by atoms with Crippen LogP contribution < -0.4 is 24.3 Å². The lowest BCUT2D eigenvalue weighted by Crippen LogP contribution is -2.19. The molecule has 1 saturated heterocycles. The van der Waals surface area contributed by atoms with E-state index >= 15 is 0 Å². The van der Waals surface area contributed by atoms with Gasteiger partial charge in [-0.2, -0.15) is 0 Å². The smallest absolute Gasteiger partial charge is 0.264 e. The Labute approximate surface area is 266 Å². The highest BCUT2D eigenvalue weighted by molar-refractivity contribution is 8.18. The minimum atomic E-state index is -0.225. The van der Waals surface area contributed by atoms with Crippen molar-refractivity contribution in [2.45, 2.75) is 34.0 Å². The first-order chi connectivity index (χ1) is 21.4. The van der Waals surface area contributed by atoms with Gasteiger partial charge >= 0.3 is 0 Å². The fourth-order valence-electron chi connectivity index (χ4n) is 4.36. The van der Waals surface area contributed by atoms with Crippen LogP contribution in [0.3, 0.4) is 0 Å². The van der Waals surface area contributed by atoms with E-state index in [1.165, 1.54) is 11.8 Å². The Balaban J connectivity index is 1.30. The molecular formula is C35H33ClN2O5S. The van der Waals surface area contributed by atoms with E-state index in [1.807, 2.05) is 99.6 Å². The summed E-state index contributed by atoms with van der Waals surface area (Å²) in [5, 5.41) is 3.71. The second-order valence-electron chi connectivity index (χ2n) is 9.86. The van der Waals surface area contributed by atoms with E-state index in [2.05, 4.69) is 10.3 Å². The third kappa shape index (κ3) is 8.15. The summed E-state index contributed by atoms with van der Waals surface area (Å²) >= 11 is 7.97. The van der Waals surface area contributed by atoms with Crippen LogP contribution in [0.15, 0.2) is 94.8 Å². The molecule has 4 aromatic carbocycles. The Morgan fingerprint density at radius 1 is 0.795 bits per heavy atom. The van der Waals surface area contributed by atoms with Gasteiger partial charge in [-0.05, 0) is 91.7 Å². The van der Waals surface area contributed by atoms with Gasteiger partial charge in [0.25, 0.3) is 5.91 Å². The summed E-state index contributed by atoms with van der Waals surface area (Å²) in [5.74, 6) is 1.97. The molecule has 0 aliphatic carbocycles. The molecule has 0 aromatic heterocycles. The maximum atomic E-state index is 12.7. The van der Waals surface area contributed by atoms with Crippen LogP contribution in [0.25, 0.3) is 6.08 Å². The van der Waals surface area contributed by atoms with Crippen molar-refractivity contribution in [3.8, 4) is 23.0 Å². The zero-order valence-electron chi connectivity index (χ0n) is 24.8. The number of ether oxygens (including phenoxy) is 4. The van der Waals surface area contributed by atoms with Crippen LogP contribution in [0.5, 0.6) is 23.0 Å². The molecule has 1 heterocycles. The van der Waals surface area contributed by atoms with Crippen molar-refractivity contribution >= 4 is 46.2 Å². The number of nitrogens with one attached hydrogen (secondary N) is 1. The van der Waals surface area contributed by atoms with Crippen molar-refractivity contribution in [1.82, 2.24) is 5.32 Å². The molecule has 7 nitrogen and oxygen atoms in total. The molecule has 226 valence electrons. The first-order valence-electron chi connectivity index (χ1n) is 14.3. The van der Waals surface area contributed by atoms with Gasteiger partial charge in [0.15, 0.2) is 28.2 Å². The van der Waals surface area contributed by atoms with Crippen molar-refractivity contribution in [3.05, 3.63) is 117 Å². The van der Waals surface area contributed by atoms with E-state index in [9.17, 15) is 4.79 Å². The number of carbonyl (C=O) groups is 1. The largest absolute Gasteiger partial charge is 0.490 e. The highest BCUT2D eigenvalue weighted by Crippen LogP contribution is 2.39. The summed E-state index contributed by atoms with van der Waals surface area (Å²) < 4.78 is 23.9. The Bertz CT molecular complexity index is 1670. The fraction of sp³-hybridized carbons (Fsp3) is 0.200. The number of aliphatic imine (C=N–C) groups is 1. The predicted molar refractivity (Wildman–Crippen MR) is 177 cm³/mol. The predicted octanol–water partition coefficient (Wildman–Crippen LogP) is 8.50. The van der Waals surface area contributed by atoms with E-state index in [4.69, 9.17) is 30.5 Å². The number of amides is 1. The highest BCUT2D eigenvalue weighted by atomic mass is 35.5. The SMILES string of the molecule is CCOc1cc(COc2c(Cl)cc(/C=C3/SC(=Nc4ccc(C)cc4)NC3=O)cc2OCC)ccc1OCc1ccccc1. The number of aryl methyl sites for hydroxylation is 1. The minimum Gasteiger partial charge on any atom is -0.490 e. The Morgan fingerprint density at radius 2 is 1.52 bits per heavy atom. The van der Waals surface area contributed by atoms with Crippen LogP contribution in [0.1, 0.15) is 36.1 Å². The average Bonchev–Trinajstić information content (AvgIpc) is 3.36. The summed E-state index contributed by atoms with van der Waals surface area (Å²) in [5.41, 5.74) is 4.57. The van der Waals surface area contributed by atoms with Gasteiger partial charge in [-0.25, -0.2) is 4.99 Å². The summed E-state index contributed by atoms with van der Waals surface area (Å²) in [6, 6.07) is 27.0. The molecule has 0 spiro atoms. The van der Waals surface area contributed by atoms with Gasteiger partial charge in [-0.15, -0.1) is 0 Å². The van der Waals surface area contributed by atoms with Gasteiger partial charge in [0.05, 0.1) is 28.8 Å². The second-order valence-corrected chi connectivity index (χ2v) is 11.3. The van der Waals surface area contributed by atoms with Gasteiger partial charge < -0.3 is 24.3 Å². The summed E-state index contributed by atoms with van der Waals surface area (Å²) in [6.07, 6.45) is 1.76. The Kier molecular flexibility index (Phi) is 10.5. The molecule has 0 saturated carbocycles. The van der Waals surface area contributed by atoms with E-state index in [1.54, 1.807) is 12.1 Å². The molecule has 0 atom stereocenters. The van der Waals surface area contributed by atoms with Crippen molar-refractivity contribution in [3.63, 3.8) is 0 Å². The maximum Gasteiger partial charge on any atom is 0.264 e. The van der Waals surface area contributed by atoms with Gasteiger partial charge in [-0.3, -0.25) is 4.79 Å². The lowest BCUT2D eigenvalue weighted by molar-refractivity contribution is -0.115. The van der Waals surface area contributed by atoms with Crippen LogP contribution >= 0.6 is 23.4 Å². The van der Waals surface area contributed by atoms with Crippen LogP contribution in [-0.4, -0.2) is 24.3 Å². The molecule has 1 aliphatic heterocycles. The standard InChI is InChI=1S/C35H33ClN2O5S/c1-4-40-30-18-25(13-16-29(30)42-21-24-9-7-6-8-10-24)22-43-33-28(36)17-26(19-31(33)41-5-2)20-32-34(39)38-35(44-32)37-27-14-11-23(3)12-15-27/h6-20H,4-5,21-22H2,1-3H3,(H,37,38,39)/b32-20+. The second kappa shape index (κ2) is 14.9. The van der Waals surface area contributed by atoms with Crippen molar-refractivity contribution in [2.75, 3.05) is 13.2 Å². The number of benzene rings is 4. The quantitative estimate of drug-likeness (QED) is 0.159. The fourth-order valence-corrected chi connectivity index (χ4v) is 5.48. The summed E-state index contributed by atoms with van der Waals surface area (Å²) in [6.45, 7) is 7.42. The molecule has 4 aromatic rings. The first-order valence-corrected chi connectivity index (χ1v) is 15.5. The first kappa shape index (κ1) is 31.0. The molecule has 0 radical (unpaired) electrons. The molecule has 1 fully saturated rings. The number of halogens is 1. The number of hydrogen-bond donors (Lipinski definition) is 1. The normalized spacial score (nSPS) is 14.5. The van der Waals surface area contributed by atoms with Crippen LogP contribution in [-0.2, 0) is 18.0 Å². The molecule has 44 heavy (non-hydrogen) atoms. The van der Waals surface area contributed by atoms with Crippen LogP contribution in [0.4, 0.5) is 5.69 Å². The molecule has 9 heteroatoms. The molecule has 0 unspecified atom stereocenters. The number of rotatable bonds is 12. The van der Waals surface area contributed by atoms with E-state index in [-0.39, 0.29) is 12.5 Å². The van der Waals surface area contributed by atoms with Gasteiger partial charge in [0.2, 0.25) is 0 Å². The zero-order valence-corrected chi connectivity index (χ0v) is 26.3. The average molecular weight is 629 g/mol. The molecule has 0 bridgehead atoms. The number of carbonyl (C=O) groups excluding carboxylic acids is 1. The third-order valence-corrected chi connectivity index (χ3v) is 7.66. The molecule has 5 rings (SSSR count). The number of thioether (sulfide) groups is 1. The molecule has 1 amide bonds. The van der Waals surface area contributed by atoms with Crippen LogP contribution in [0.2, 0.25) is 5.02 Å². The minimum absolute atomic E-state index is 0.225. The molecule has 1 N–H and O–H groups in total. The Morgan fingerprint density at radius 3 is 2.27 bits per heavy atom. The number of hydrogen-bond acceptors (Lipinski definition) is 7. The zero-order chi connectivity index (χ0) is 30.9. The Hall–Kier alpha value is -4.40. The van der Waals surface area contributed by atoms with Gasteiger partial charge in [0, 0.05) is 0 Å². The van der Waals surface area contributed by atoms with Crippen LogP contribution in [0, 0.1) is 6.92 Å². The van der Waals surface area contributed by atoms with Gasteiger partial charge in [0.1, 0.15) is 13.2 Å². The lowest BCUT2D eigenvalue weighted by Gasteiger charge is -2.16. The van der Waals surface area contributed by atoms with E-state index in [0.29, 0.717) is 63.5 Å². The molecule has 1 aliphatic rings. The van der Waals surface area contributed by atoms with Gasteiger partial charge in [-0.1, -0.05) is 65.7 Å². The molecular weight excluding hydrogens is 596 g/mol. The third-order valence-electron chi connectivity index (χ3n) is 6.47. The topological polar surface area (TPSA) is 78.4 Å². The summed E-state index contributed by atoms with van der Waals surface area (Å²) in [7, 11) is 0. The van der Waals surface area contributed by atoms with Crippen molar-refractivity contribution in [1.29, 1.82) is 0 Å². The van der Waals surface area contributed by atoms with E-state index < -0.39 is 0 Å². The van der Waals surface area contributed by atoms with Crippen molar-refractivity contribution < 1.29 is 23.7 Å². The van der Waals surface area contributed by atoms with E-state index in [0.717, 1.165) is 22.4 Å². The number of nitrogens with zero attached hydrogens (tertiary/aromatic N) is 1. The maximum absolute atomic E-state index is 12.7. The highest BCUT2D eigenvalue weighted by Gasteiger charge is 2.24. The number of amidine groups is 1. The van der Waals surface area contributed by atoms with Crippen molar-refractivity contribution in [2.24, 2.45) is 4.99 Å². The summed E-state index contributed by atoms with van der Waals surface area (Å²) in [4.78, 5) is 17.7. The lowest BCUT2D eigenvalue weighted by atomic mass is 10.1. The monoisotopic (exact) mass is 628 g/mol.